The van der Waals surface area contributed by atoms with E-state index in [1.165, 1.54) is 18.4 Å². The second-order valence-electron chi connectivity index (χ2n) is 6.07. The number of fused-ring (bicyclic) bond motifs is 1. The summed E-state index contributed by atoms with van der Waals surface area (Å²) in [5.74, 6) is 0.515. The number of anilines is 2. The number of aromatic nitrogens is 2. The summed E-state index contributed by atoms with van der Waals surface area (Å²) in [5.41, 5.74) is 8.92. The number of aromatic amines is 1. The van der Waals surface area contributed by atoms with E-state index in [2.05, 4.69) is 26.1 Å². The molecule has 0 aliphatic rings. The summed E-state index contributed by atoms with van der Waals surface area (Å²) in [4.78, 5) is 7.67. The number of hydrazine groups is 1. The maximum absolute atomic E-state index is 12.3. The fourth-order valence-electron chi connectivity index (χ4n) is 2.39. The van der Waals surface area contributed by atoms with Crippen LogP contribution in [0.15, 0.2) is 47.4 Å². The summed E-state index contributed by atoms with van der Waals surface area (Å²) in [5, 5.41) is 3.27. The van der Waals surface area contributed by atoms with E-state index in [1.54, 1.807) is 18.2 Å². The maximum atomic E-state index is 12.3. The molecule has 0 bridgehead atoms. The molecular weight excluding hydrogens is 384 g/mol. The number of nitrogens with zero attached hydrogens (tertiary/aromatic N) is 2. The summed E-state index contributed by atoms with van der Waals surface area (Å²) in [6.07, 6.45) is 0. The zero-order valence-electron chi connectivity index (χ0n) is 15.1. The van der Waals surface area contributed by atoms with Crippen LogP contribution in [0.3, 0.4) is 0 Å². The van der Waals surface area contributed by atoms with Gasteiger partial charge in [0.25, 0.3) is 0 Å². The normalized spacial score (nSPS) is 11.6. The first kappa shape index (κ1) is 19.1. The van der Waals surface area contributed by atoms with Crippen LogP contribution >= 0.6 is 12.2 Å². The Kier molecular flexibility index (Phi) is 5.31. The first-order valence-electron chi connectivity index (χ1n) is 8.08. The van der Waals surface area contributed by atoms with Gasteiger partial charge in [-0.2, -0.15) is 0 Å². The van der Waals surface area contributed by atoms with Gasteiger partial charge >= 0.3 is 0 Å². The van der Waals surface area contributed by atoms with Crippen molar-refractivity contribution < 1.29 is 8.42 Å². The second kappa shape index (κ2) is 7.51. The number of imidazole rings is 1. The fourth-order valence-corrected chi connectivity index (χ4v) is 3.48. The molecule has 0 saturated carbocycles. The molecule has 0 aliphatic heterocycles. The van der Waals surface area contributed by atoms with Gasteiger partial charge in [-0.25, -0.2) is 17.7 Å². The number of hydrogen-bond donors (Lipinski definition) is 4. The van der Waals surface area contributed by atoms with E-state index in [0.717, 1.165) is 16.6 Å². The molecule has 10 heteroatoms. The predicted molar refractivity (Wildman–Crippen MR) is 111 cm³/mol. The number of benzene rings is 2. The summed E-state index contributed by atoms with van der Waals surface area (Å²) in [6.45, 7) is 1.86. The van der Waals surface area contributed by atoms with E-state index in [1.807, 2.05) is 31.2 Å². The highest BCUT2D eigenvalue weighted by Gasteiger charge is 2.18. The van der Waals surface area contributed by atoms with E-state index < -0.39 is 10.0 Å². The Balaban J connectivity index is 1.70. The number of thiocarbonyl (C=S) groups is 1. The van der Waals surface area contributed by atoms with Crippen molar-refractivity contribution in [2.24, 2.45) is 0 Å². The molecule has 1 heterocycles. The van der Waals surface area contributed by atoms with E-state index >= 15 is 0 Å². The fraction of sp³-hybridized carbons (Fsp3) is 0.176. The van der Waals surface area contributed by atoms with Crippen LogP contribution in [0.5, 0.6) is 0 Å². The van der Waals surface area contributed by atoms with Crippen LogP contribution in [-0.2, 0) is 10.0 Å². The van der Waals surface area contributed by atoms with Gasteiger partial charge in [0.1, 0.15) is 0 Å². The molecule has 2 aromatic carbocycles. The van der Waals surface area contributed by atoms with Crippen molar-refractivity contribution >= 4 is 50.0 Å². The summed E-state index contributed by atoms with van der Waals surface area (Å²) in [6, 6.07) is 12.5. The molecule has 0 spiro atoms. The molecule has 0 amide bonds. The monoisotopic (exact) mass is 404 g/mol. The molecule has 8 nitrogen and oxygen atoms in total. The van der Waals surface area contributed by atoms with Crippen LogP contribution in [-0.4, -0.2) is 41.9 Å². The lowest BCUT2D eigenvalue weighted by molar-refractivity contribution is 0.521. The third-order valence-electron chi connectivity index (χ3n) is 3.92. The Bertz CT molecular complexity index is 1060. The van der Waals surface area contributed by atoms with Crippen molar-refractivity contribution in [3.05, 3.63) is 48.0 Å². The summed E-state index contributed by atoms with van der Waals surface area (Å²) in [7, 11) is -0.539. The van der Waals surface area contributed by atoms with Gasteiger partial charge in [-0.1, -0.05) is 18.2 Å². The van der Waals surface area contributed by atoms with Crippen molar-refractivity contribution in [3.63, 3.8) is 0 Å². The number of hydrogen-bond acceptors (Lipinski definition) is 5. The van der Waals surface area contributed by atoms with E-state index in [-0.39, 0.29) is 10.0 Å². The highest BCUT2D eigenvalue weighted by molar-refractivity contribution is 7.89. The number of rotatable bonds is 5. The van der Waals surface area contributed by atoms with E-state index in [4.69, 9.17) is 12.2 Å². The Morgan fingerprint density at radius 2 is 1.93 bits per heavy atom. The van der Waals surface area contributed by atoms with Crippen molar-refractivity contribution in [1.29, 1.82) is 0 Å². The van der Waals surface area contributed by atoms with Gasteiger partial charge in [-0.15, -0.1) is 0 Å². The minimum atomic E-state index is -3.52. The minimum Gasteiger partial charge on any atom is -0.331 e. The second-order valence-corrected chi connectivity index (χ2v) is 8.63. The first-order valence-corrected chi connectivity index (χ1v) is 9.93. The number of para-hydroxylation sites is 2. The Labute approximate surface area is 163 Å². The smallest absolute Gasteiger partial charge is 0.242 e. The minimum absolute atomic E-state index is 0.189. The average Bonchev–Trinajstić information content (AvgIpc) is 3.04. The quantitative estimate of drug-likeness (QED) is 0.383. The third-order valence-corrected chi connectivity index (χ3v) is 5.93. The molecule has 0 aliphatic carbocycles. The maximum Gasteiger partial charge on any atom is 0.242 e. The number of H-pyrrole nitrogens is 1. The first-order chi connectivity index (χ1) is 12.8. The summed E-state index contributed by atoms with van der Waals surface area (Å²) >= 11 is 5.28. The molecule has 0 saturated heterocycles. The predicted octanol–water partition coefficient (Wildman–Crippen LogP) is 2.44. The van der Waals surface area contributed by atoms with Crippen LogP contribution in [0.2, 0.25) is 0 Å². The highest BCUT2D eigenvalue weighted by atomic mass is 32.2. The van der Waals surface area contributed by atoms with Gasteiger partial charge in [-0.05, 0) is 49.0 Å². The van der Waals surface area contributed by atoms with Gasteiger partial charge < -0.3 is 10.3 Å². The van der Waals surface area contributed by atoms with Crippen molar-refractivity contribution in [2.45, 2.75) is 11.8 Å². The molecule has 142 valence electrons. The topological polar surface area (TPSA) is 102 Å². The van der Waals surface area contributed by atoms with Crippen LogP contribution in [0.1, 0.15) is 5.56 Å². The van der Waals surface area contributed by atoms with Crippen molar-refractivity contribution in [3.8, 4) is 0 Å². The lowest BCUT2D eigenvalue weighted by Crippen LogP contribution is -2.34. The van der Waals surface area contributed by atoms with Crippen LogP contribution in [0.25, 0.3) is 11.0 Å². The third kappa shape index (κ3) is 4.18. The molecule has 0 unspecified atom stereocenters. The average molecular weight is 405 g/mol. The Morgan fingerprint density at radius 3 is 2.63 bits per heavy atom. The zero-order valence-corrected chi connectivity index (χ0v) is 16.7. The Morgan fingerprint density at radius 1 is 1.19 bits per heavy atom. The van der Waals surface area contributed by atoms with Gasteiger partial charge in [-0.3, -0.25) is 10.9 Å². The van der Waals surface area contributed by atoms with Gasteiger partial charge in [0.15, 0.2) is 5.11 Å². The SMILES string of the molecule is Cc1ccc(S(=O)(=O)N(C)C)cc1NC(=S)NNc1nc2ccccc2[nH]1. The van der Waals surface area contributed by atoms with Crippen LogP contribution < -0.4 is 16.2 Å². The molecule has 0 fully saturated rings. The lowest BCUT2D eigenvalue weighted by Gasteiger charge is -2.16. The largest absolute Gasteiger partial charge is 0.331 e. The van der Waals surface area contributed by atoms with E-state index in [9.17, 15) is 8.42 Å². The zero-order chi connectivity index (χ0) is 19.6. The van der Waals surface area contributed by atoms with Crippen LogP contribution in [0.4, 0.5) is 11.6 Å². The molecular formula is C17H20N6O2S2. The molecule has 3 rings (SSSR count). The highest BCUT2D eigenvalue weighted by Crippen LogP contribution is 2.22. The van der Waals surface area contributed by atoms with E-state index in [0.29, 0.717) is 11.6 Å². The lowest BCUT2D eigenvalue weighted by atomic mass is 10.2. The standard InChI is InChI=1S/C17H20N6O2S2/c1-11-8-9-12(27(24,25)23(2)3)10-15(11)20-17(26)22-21-16-18-13-6-4-5-7-14(13)19-16/h4-10H,1-3H3,(H2,18,19,21)(H2,20,22,26). The molecule has 0 radical (unpaired) electrons. The Hall–Kier alpha value is -2.69. The number of aryl methyl sites for hydroxylation is 1. The van der Waals surface area contributed by atoms with Crippen molar-refractivity contribution in [2.75, 3.05) is 24.8 Å². The van der Waals surface area contributed by atoms with Crippen LogP contribution in [0, 0.1) is 6.92 Å². The van der Waals surface area contributed by atoms with Gasteiger partial charge in [0.05, 0.1) is 15.9 Å². The molecule has 1 aromatic heterocycles. The molecule has 3 aromatic rings. The molecule has 27 heavy (non-hydrogen) atoms. The van der Waals surface area contributed by atoms with Gasteiger partial charge in [0, 0.05) is 19.8 Å². The van der Waals surface area contributed by atoms with Gasteiger partial charge in [0.2, 0.25) is 16.0 Å². The number of sulfonamides is 1. The molecule has 4 N–H and O–H groups in total. The summed E-state index contributed by atoms with van der Waals surface area (Å²) < 4.78 is 25.8. The van der Waals surface area contributed by atoms with Crippen molar-refractivity contribution in [1.82, 2.24) is 19.7 Å². The molecule has 0 atom stereocenters. The number of nitrogens with one attached hydrogen (secondary N) is 4.